The molecule has 2 unspecified atom stereocenters. The molecular weight excluding hydrogens is 160 g/mol. The highest BCUT2D eigenvalue weighted by Gasteiger charge is 2.14. The normalized spacial score (nSPS) is 17.3. The van der Waals surface area contributed by atoms with Gasteiger partial charge in [-0.25, -0.2) is 8.78 Å². The van der Waals surface area contributed by atoms with Gasteiger partial charge in [0.05, 0.1) is 5.75 Å². The van der Waals surface area contributed by atoms with Crippen molar-refractivity contribution in [2.45, 2.75) is 18.6 Å². The SMILES string of the molecule is CC(CN)S(=O)CC(F)F. The summed E-state index contributed by atoms with van der Waals surface area (Å²) in [6, 6.07) is 0. The molecule has 0 spiro atoms. The second-order valence-electron chi connectivity index (χ2n) is 1.98. The van der Waals surface area contributed by atoms with Gasteiger partial charge in [0.2, 0.25) is 6.43 Å². The second-order valence-corrected chi connectivity index (χ2v) is 3.88. The van der Waals surface area contributed by atoms with Crippen molar-refractivity contribution in [2.24, 2.45) is 5.73 Å². The summed E-state index contributed by atoms with van der Waals surface area (Å²) < 4.78 is 33.8. The number of hydrogen-bond acceptors (Lipinski definition) is 2. The maximum atomic E-state index is 11.5. The number of rotatable bonds is 4. The zero-order chi connectivity index (χ0) is 8.15. The van der Waals surface area contributed by atoms with Crippen LogP contribution in [-0.2, 0) is 10.8 Å². The predicted molar refractivity (Wildman–Crippen MR) is 37.5 cm³/mol. The topological polar surface area (TPSA) is 43.1 Å². The zero-order valence-corrected chi connectivity index (χ0v) is 6.54. The molecule has 2 atom stereocenters. The Bertz CT molecular complexity index is 120. The first-order valence-electron chi connectivity index (χ1n) is 2.93. The summed E-state index contributed by atoms with van der Waals surface area (Å²) in [5.74, 6) is -0.557. The number of halogens is 2. The van der Waals surface area contributed by atoms with Crippen LogP contribution in [0.15, 0.2) is 0 Å². The molecule has 0 radical (unpaired) electrons. The Balaban J connectivity index is 3.62. The van der Waals surface area contributed by atoms with Crippen LogP contribution < -0.4 is 5.73 Å². The van der Waals surface area contributed by atoms with Crippen LogP contribution in [-0.4, -0.2) is 28.2 Å². The van der Waals surface area contributed by atoms with Crippen molar-refractivity contribution in [3.05, 3.63) is 0 Å². The van der Waals surface area contributed by atoms with Crippen LogP contribution in [0.5, 0.6) is 0 Å². The summed E-state index contributed by atoms with van der Waals surface area (Å²) in [6.45, 7) is 1.79. The molecule has 2 N–H and O–H groups in total. The highest BCUT2D eigenvalue weighted by molar-refractivity contribution is 7.85. The summed E-state index contributed by atoms with van der Waals surface area (Å²) in [5.41, 5.74) is 5.11. The molecule has 0 aliphatic carbocycles. The van der Waals surface area contributed by atoms with Crippen molar-refractivity contribution >= 4 is 10.8 Å². The zero-order valence-electron chi connectivity index (χ0n) is 5.72. The van der Waals surface area contributed by atoms with Crippen molar-refractivity contribution < 1.29 is 13.0 Å². The molecule has 0 saturated carbocycles. The van der Waals surface area contributed by atoms with Crippen molar-refractivity contribution in [1.82, 2.24) is 0 Å². The lowest BCUT2D eigenvalue weighted by Gasteiger charge is -2.06. The number of hydrogen-bond donors (Lipinski definition) is 1. The monoisotopic (exact) mass is 171 g/mol. The van der Waals surface area contributed by atoms with Crippen LogP contribution in [0.1, 0.15) is 6.92 Å². The fourth-order valence-corrected chi connectivity index (χ4v) is 1.19. The first-order valence-corrected chi connectivity index (χ1v) is 4.31. The van der Waals surface area contributed by atoms with Crippen molar-refractivity contribution in [3.63, 3.8) is 0 Å². The summed E-state index contributed by atoms with van der Waals surface area (Å²) in [6.07, 6.45) is -2.49. The number of nitrogens with two attached hydrogens (primary N) is 1. The highest BCUT2D eigenvalue weighted by atomic mass is 32.2. The molecule has 2 nitrogen and oxygen atoms in total. The Morgan fingerprint density at radius 3 is 2.40 bits per heavy atom. The van der Waals surface area contributed by atoms with E-state index in [1.54, 1.807) is 6.92 Å². The van der Waals surface area contributed by atoms with Crippen molar-refractivity contribution in [2.75, 3.05) is 12.3 Å². The molecule has 0 saturated heterocycles. The lowest BCUT2D eigenvalue weighted by molar-refractivity contribution is 0.175. The van der Waals surface area contributed by atoms with Crippen LogP contribution in [0.2, 0.25) is 0 Å². The molecule has 10 heavy (non-hydrogen) atoms. The van der Waals surface area contributed by atoms with Crippen LogP contribution in [0.4, 0.5) is 8.78 Å². The molecule has 0 bridgehead atoms. The van der Waals surface area contributed by atoms with Gasteiger partial charge in [-0.2, -0.15) is 0 Å². The van der Waals surface area contributed by atoms with E-state index in [1.807, 2.05) is 0 Å². The third-order valence-electron chi connectivity index (χ3n) is 1.07. The molecule has 0 aromatic heterocycles. The minimum absolute atomic E-state index is 0.194. The minimum Gasteiger partial charge on any atom is -0.329 e. The summed E-state index contributed by atoms with van der Waals surface area (Å²) in [7, 11) is -1.47. The van der Waals surface area contributed by atoms with Gasteiger partial charge < -0.3 is 5.73 Å². The van der Waals surface area contributed by atoms with Gasteiger partial charge >= 0.3 is 0 Å². The van der Waals surface area contributed by atoms with Crippen LogP contribution in [0, 0.1) is 0 Å². The third-order valence-corrected chi connectivity index (χ3v) is 2.74. The molecule has 0 heterocycles. The predicted octanol–water partition coefficient (Wildman–Crippen LogP) is 0.347. The van der Waals surface area contributed by atoms with E-state index in [9.17, 15) is 13.0 Å². The molecule has 0 rings (SSSR count). The molecular formula is C5H11F2NOS. The molecule has 0 aromatic rings. The molecule has 62 valence electrons. The van der Waals surface area contributed by atoms with Gasteiger partial charge in [-0.15, -0.1) is 0 Å². The average Bonchev–Trinajstić information content (AvgIpc) is 1.85. The van der Waals surface area contributed by atoms with E-state index >= 15 is 0 Å². The van der Waals surface area contributed by atoms with Gasteiger partial charge in [-0.1, -0.05) is 0 Å². The van der Waals surface area contributed by atoms with Gasteiger partial charge in [0.25, 0.3) is 0 Å². The lowest BCUT2D eigenvalue weighted by Crippen LogP contribution is -2.25. The first-order chi connectivity index (χ1) is 4.57. The standard InChI is InChI=1S/C5H11F2NOS/c1-4(2-8)10(9)3-5(6)7/h4-5H,2-3,8H2,1H3. The van der Waals surface area contributed by atoms with E-state index in [1.165, 1.54) is 0 Å². The van der Waals surface area contributed by atoms with Crippen LogP contribution >= 0.6 is 0 Å². The van der Waals surface area contributed by atoms with E-state index in [4.69, 9.17) is 5.73 Å². The van der Waals surface area contributed by atoms with Gasteiger partial charge in [-0.05, 0) is 6.92 Å². The van der Waals surface area contributed by atoms with Gasteiger partial charge in [0.15, 0.2) is 0 Å². The second kappa shape index (κ2) is 4.73. The minimum atomic E-state index is -2.49. The van der Waals surface area contributed by atoms with E-state index in [0.717, 1.165) is 0 Å². The van der Waals surface area contributed by atoms with E-state index in [2.05, 4.69) is 0 Å². The fourth-order valence-electron chi connectivity index (χ4n) is 0.396. The van der Waals surface area contributed by atoms with Gasteiger partial charge in [-0.3, -0.25) is 4.21 Å². The van der Waals surface area contributed by atoms with E-state index in [-0.39, 0.29) is 11.8 Å². The Labute approximate surface area is 61.2 Å². The molecule has 5 heteroatoms. The largest absolute Gasteiger partial charge is 0.329 e. The van der Waals surface area contributed by atoms with E-state index < -0.39 is 23.0 Å². The lowest BCUT2D eigenvalue weighted by atomic mass is 10.5. The summed E-state index contributed by atoms with van der Waals surface area (Å²) >= 11 is 0. The molecule has 0 aliphatic heterocycles. The molecule has 0 aliphatic rings. The third kappa shape index (κ3) is 3.90. The Kier molecular flexibility index (Phi) is 4.72. The number of alkyl halides is 2. The Hall–Kier alpha value is -0.0300. The smallest absolute Gasteiger partial charge is 0.250 e. The summed E-state index contributed by atoms with van der Waals surface area (Å²) in [4.78, 5) is 0. The van der Waals surface area contributed by atoms with Gasteiger partial charge in [0.1, 0.15) is 0 Å². The van der Waals surface area contributed by atoms with Gasteiger partial charge in [0, 0.05) is 22.6 Å². The molecule has 0 fully saturated rings. The highest BCUT2D eigenvalue weighted by Crippen LogP contribution is 2.00. The maximum absolute atomic E-state index is 11.5. The van der Waals surface area contributed by atoms with Crippen molar-refractivity contribution in [1.29, 1.82) is 0 Å². The van der Waals surface area contributed by atoms with Crippen LogP contribution in [0.25, 0.3) is 0 Å². The fraction of sp³-hybridized carbons (Fsp3) is 1.00. The maximum Gasteiger partial charge on any atom is 0.250 e. The Morgan fingerprint density at radius 2 is 2.10 bits per heavy atom. The van der Waals surface area contributed by atoms with Crippen LogP contribution in [0.3, 0.4) is 0 Å². The molecule has 0 amide bonds. The summed E-state index contributed by atoms with van der Waals surface area (Å²) in [5, 5.41) is -0.325. The average molecular weight is 171 g/mol. The molecule has 0 aromatic carbocycles. The first kappa shape index (κ1) is 9.97. The van der Waals surface area contributed by atoms with Crippen molar-refractivity contribution in [3.8, 4) is 0 Å². The van der Waals surface area contributed by atoms with E-state index in [0.29, 0.717) is 0 Å². The quantitative estimate of drug-likeness (QED) is 0.663. The Morgan fingerprint density at radius 1 is 1.60 bits per heavy atom.